The Balaban J connectivity index is 2.16. The summed E-state index contributed by atoms with van der Waals surface area (Å²) in [5.74, 6) is 2.00. The summed E-state index contributed by atoms with van der Waals surface area (Å²) in [7, 11) is 0. The number of fused-ring (bicyclic) bond motifs is 1. The zero-order valence-corrected chi connectivity index (χ0v) is 14.8. The molecule has 6 heteroatoms. The molecule has 1 unspecified atom stereocenters. The van der Waals surface area contributed by atoms with Gasteiger partial charge >= 0.3 is 0 Å². The molecule has 0 saturated heterocycles. The average molecular weight is 335 g/mol. The van der Waals surface area contributed by atoms with E-state index in [1.807, 2.05) is 35.1 Å². The number of benzene rings is 1. The van der Waals surface area contributed by atoms with E-state index >= 15 is 0 Å². The van der Waals surface area contributed by atoms with Crippen LogP contribution in [0.1, 0.15) is 26.1 Å². The lowest BCUT2D eigenvalue weighted by molar-refractivity contribution is -0.122. The van der Waals surface area contributed by atoms with Crippen LogP contribution >= 0.6 is 11.8 Å². The number of thioether (sulfide) groups is 1. The summed E-state index contributed by atoms with van der Waals surface area (Å²) in [5, 5.41) is 12.3. The Hall–Kier alpha value is -1.53. The Bertz CT molecular complexity index is 654. The fourth-order valence-corrected chi connectivity index (χ4v) is 3.18. The van der Waals surface area contributed by atoms with E-state index in [4.69, 9.17) is 0 Å². The van der Waals surface area contributed by atoms with Crippen molar-refractivity contribution in [3.05, 3.63) is 30.1 Å². The molecule has 1 heterocycles. The van der Waals surface area contributed by atoms with Crippen molar-refractivity contribution in [3.63, 3.8) is 0 Å². The van der Waals surface area contributed by atoms with Crippen LogP contribution in [-0.4, -0.2) is 39.5 Å². The molecule has 2 rings (SSSR count). The normalized spacial score (nSPS) is 12.7. The Morgan fingerprint density at radius 2 is 2.13 bits per heavy atom. The van der Waals surface area contributed by atoms with E-state index in [-0.39, 0.29) is 25.1 Å². The molecule has 2 N–H and O–H groups in total. The molecule has 0 aliphatic heterocycles. The maximum absolute atomic E-state index is 12.4. The van der Waals surface area contributed by atoms with E-state index in [1.54, 1.807) is 11.8 Å². The number of rotatable bonds is 8. The molecular formula is C17H25N3O2S. The number of aliphatic hydroxyl groups excluding tert-OH is 1. The molecular weight excluding hydrogens is 310 g/mol. The second-order valence-corrected chi connectivity index (χ2v) is 6.98. The molecule has 0 fully saturated rings. The van der Waals surface area contributed by atoms with Gasteiger partial charge in [-0.25, -0.2) is 4.98 Å². The van der Waals surface area contributed by atoms with E-state index in [0.717, 1.165) is 29.0 Å². The zero-order valence-electron chi connectivity index (χ0n) is 14.0. The Kier molecular flexibility index (Phi) is 6.47. The first-order valence-electron chi connectivity index (χ1n) is 7.88. The number of nitrogens with one attached hydrogen (secondary N) is 1. The van der Waals surface area contributed by atoms with Crippen LogP contribution in [0, 0.1) is 5.92 Å². The molecule has 0 bridgehead atoms. The fraction of sp³-hybridized carbons (Fsp3) is 0.529. The second kappa shape index (κ2) is 8.36. The first-order chi connectivity index (χ1) is 11.0. The summed E-state index contributed by atoms with van der Waals surface area (Å²) < 4.78 is 1.96. The van der Waals surface area contributed by atoms with Gasteiger partial charge in [-0.05, 0) is 30.7 Å². The van der Waals surface area contributed by atoms with Gasteiger partial charge < -0.3 is 15.0 Å². The molecule has 0 radical (unpaired) electrons. The Morgan fingerprint density at radius 1 is 1.39 bits per heavy atom. The van der Waals surface area contributed by atoms with Crippen molar-refractivity contribution in [1.82, 2.24) is 14.9 Å². The van der Waals surface area contributed by atoms with E-state index in [1.165, 1.54) is 0 Å². The highest BCUT2D eigenvalue weighted by Crippen LogP contribution is 2.19. The van der Waals surface area contributed by atoms with Crippen molar-refractivity contribution in [2.24, 2.45) is 5.92 Å². The van der Waals surface area contributed by atoms with Crippen LogP contribution in [0.4, 0.5) is 0 Å². The number of nitrogens with zero attached hydrogens (tertiary/aromatic N) is 2. The molecule has 5 nitrogen and oxygen atoms in total. The summed E-state index contributed by atoms with van der Waals surface area (Å²) >= 11 is 1.68. The number of para-hydroxylation sites is 2. The summed E-state index contributed by atoms with van der Waals surface area (Å²) in [4.78, 5) is 17.0. The van der Waals surface area contributed by atoms with Crippen LogP contribution < -0.4 is 5.32 Å². The van der Waals surface area contributed by atoms with Crippen LogP contribution in [0.5, 0.6) is 0 Å². The van der Waals surface area contributed by atoms with Gasteiger partial charge in [0.25, 0.3) is 0 Å². The van der Waals surface area contributed by atoms with Crippen molar-refractivity contribution in [2.45, 2.75) is 38.6 Å². The third kappa shape index (κ3) is 4.72. The Labute approximate surface area is 141 Å². The van der Waals surface area contributed by atoms with Gasteiger partial charge in [0.05, 0.1) is 29.4 Å². The van der Waals surface area contributed by atoms with Gasteiger partial charge in [-0.15, -0.1) is 0 Å². The smallest absolute Gasteiger partial charge is 0.240 e. The standard InChI is InChI=1S/C17H25N3O2S/c1-12(2)8-13(10-21)18-17(22)9-20-15-7-5-4-6-14(15)19-16(20)11-23-3/h4-7,12-13,21H,8-11H2,1-3H3,(H,18,22). The number of hydrogen-bond acceptors (Lipinski definition) is 4. The zero-order chi connectivity index (χ0) is 16.8. The minimum Gasteiger partial charge on any atom is -0.394 e. The highest BCUT2D eigenvalue weighted by atomic mass is 32.2. The highest BCUT2D eigenvalue weighted by Gasteiger charge is 2.16. The Morgan fingerprint density at radius 3 is 2.78 bits per heavy atom. The number of amides is 1. The molecule has 1 aromatic carbocycles. The number of aliphatic hydroxyl groups is 1. The van der Waals surface area contributed by atoms with E-state index < -0.39 is 0 Å². The van der Waals surface area contributed by atoms with Crippen molar-refractivity contribution in [1.29, 1.82) is 0 Å². The van der Waals surface area contributed by atoms with E-state index in [2.05, 4.69) is 24.1 Å². The molecule has 1 atom stereocenters. The van der Waals surface area contributed by atoms with Gasteiger partial charge in [0, 0.05) is 0 Å². The fourth-order valence-electron chi connectivity index (χ4n) is 2.71. The minimum atomic E-state index is -0.193. The molecule has 0 saturated carbocycles. The average Bonchev–Trinajstić information content (AvgIpc) is 2.84. The van der Waals surface area contributed by atoms with Crippen molar-refractivity contribution < 1.29 is 9.90 Å². The van der Waals surface area contributed by atoms with Gasteiger partial charge in [0.1, 0.15) is 12.4 Å². The van der Waals surface area contributed by atoms with Crippen molar-refractivity contribution >= 4 is 28.7 Å². The third-order valence-corrected chi connectivity index (χ3v) is 4.20. The van der Waals surface area contributed by atoms with Crippen molar-refractivity contribution in [3.8, 4) is 0 Å². The van der Waals surface area contributed by atoms with Crippen molar-refractivity contribution in [2.75, 3.05) is 12.9 Å². The number of carbonyl (C=O) groups is 1. The van der Waals surface area contributed by atoms with Crippen LogP contribution in [0.2, 0.25) is 0 Å². The SMILES string of the molecule is CSCc1nc2ccccc2n1CC(=O)NC(CO)CC(C)C. The van der Waals surface area contributed by atoms with Crippen LogP contribution in [0.3, 0.4) is 0 Å². The van der Waals surface area contributed by atoms with E-state index in [0.29, 0.717) is 5.92 Å². The van der Waals surface area contributed by atoms with Gasteiger partial charge in [-0.1, -0.05) is 26.0 Å². The molecule has 23 heavy (non-hydrogen) atoms. The van der Waals surface area contributed by atoms with Crippen LogP contribution in [0.25, 0.3) is 11.0 Å². The van der Waals surface area contributed by atoms with Gasteiger partial charge in [-0.3, -0.25) is 4.79 Å². The predicted octanol–water partition coefficient (Wildman–Crippen LogP) is 2.42. The minimum absolute atomic E-state index is 0.0355. The summed E-state index contributed by atoms with van der Waals surface area (Å²) in [6.07, 6.45) is 2.79. The number of hydrogen-bond donors (Lipinski definition) is 2. The first-order valence-corrected chi connectivity index (χ1v) is 9.27. The quantitative estimate of drug-likeness (QED) is 0.777. The predicted molar refractivity (Wildman–Crippen MR) is 95.4 cm³/mol. The van der Waals surface area contributed by atoms with E-state index in [9.17, 15) is 9.90 Å². The van der Waals surface area contributed by atoms with Gasteiger partial charge in [-0.2, -0.15) is 11.8 Å². The largest absolute Gasteiger partial charge is 0.394 e. The molecule has 1 amide bonds. The molecule has 0 aliphatic carbocycles. The van der Waals surface area contributed by atoms with Gasteiger partial charge in [0.15, 0.2) is 0 Å². The van der Waals surface area contributed by atoms with Gasteiger partial charge in [0.2, 0.25) is 5.91 Å². The molecule has 1 aromatic heterocycles. The van der Waals surface area contributed by atoms with Crippen LogP contribution in [-0.2, 0) is 17.1 Å². The lowest BCUT2D eigenvalue weighted by Crippen LogP contribution is -2.40. The summed E-state index contributed by atoms with van der Waals surface area (Å²) in [6, 6.07) is 7.66. The number of imidazole rings is 1. The second-order valence-electron chi connectivity index (χ2n) is 6.11. The lowest BCUT2D eigenvalue weighted by Gasteiger charge is -2.19. The third-order valence-electron chi connectivity index (χ3n) is 3.65. The molecule has 0 spiro atoms. The summed E-state index contributed by atoms with van der Waals surface area (Å²) in [6.45, 7) is 4.35. The summed E-state index contributed by atoms with van der Waals surface area (Å²) in [5.41, 5.74) is 1.88. The topological polar surface area (TPSA) is 67.2 Å². The molecule has 126 valence electrons. The molecule has 0 aliphatic rings. The van der Waals surface area contributed by atoms with Crippen LogP contribution in [0.15, 0.2) is 24.3 Å². The molecule has 2 aromatic rings. The number of aromatic nitrogens is 2. The maximum atomic E-state index is 12.4. The maximum Gasteiger partial charge on any atom is 0.240 e. The number of carbonyl (C=O) groups excluding carboxylic acids is 1. The first kappa shape index (κ1) is 17.8. The highest BCUT2D eigenvalue weighted by molar-refractivity contribution is 7.97. The lowest BCUT2D eigenvalue weighted by atomic mass is 10.0. The monoisotopic (exact) mass is 335 g/mol.